The first-order chi connectivity index (χ1) is 8.63. The highest BCUT2D eigenvalue weighted by molar-refractivity contribution is 6.03. The maximum absolute atomic E-state index is 12.2. The van der Waals surface area contributed by atoms with Gasteiger partial charge in [0.25, 0.3) is 0 Å². The molecule has 4 atom stereocenters. The van der Waals surface area contributed by atoms with E-state index >= 15 is 0 Å². The lowest BCUT2D eigenvalue weighted by Gasteiger charge is -2.36. The Morgan fingerprint density at radius 1 is 1.11 bits per heavy atom. The van der Waals surface area contributed by atoms with Crippen LogP contribution in [0.2, 0.25) is 0 Å². The smallest absolute Gasteiger partial charge is 0.319 e. The van der Waals surface area contributed by atoms with Crippen LogP contribution in [0.4, 0.5) is 0 Å². The van der Waals surface area contributed by atoms with E-state index in [1.165, 1.54) is 19.3 Å². The molecule has 4 unspecified atom stereocenters. The molecule has 0 spiro atoms. The second-order valence-corrected chi connectivity index (χ2v) is 6.73. The summed E-state index contributed by atoms with van der Waals surface area (Å²) in [6.45, 7) is 0. The average molecular weight is 249 g/mol. The first-order valence-corrected chi connectivity index (χ1v) is 7.18. The summed E-state index contributed by atoms with van der Waals surface area (Å²) >= 11 is 0. The van der Waals surface area contributed by atoms with Crippen LogP contribution in [0.25, 0.3) is 0 Å². The van der Waals surface area contributed by atoms with Crippen LogP contribution in [-0.4, -0.2) is 23.0 Å². The molecule has 2 bridgehead atoms. The fourth-order valence-electron chi connectivity index (χ4n) is 4.88. The van der Waals surface area contributed by atoms with Crippen molar-refractivity contribution in [2.75, 3.05) is 0 Å². The van der Waals surface area contributed by atoms with Crippen molar-refractivity contribution < 1.29 is 14.7 Å². The van der Waals surface area contributed by atoms with Crippen LogP contribution in [0, 0.1) is 29.1 Å². The summed E-state index contributed by atoms with van der Waals surface area (Å²) in [4.78, 5) is 23.5. The molecule has 4 nitrogen and oxygen atoms in total. The summed E-state index contributed by atoms with van der Waals surface area (Å²) in [6, 6.07) is 0.306. The Morgan fingerprint density at radius 3 is 2.17 bits per heavy atom. The van der Waals surface area contributed by atoms with Crippen molar-refractivity contribution in [1.82, 2.24) is 5.32 Å². The summed E-state index contributed by atoms with van der Waals surface area (Å²) in [5, 5.41) is 12.3. The largest absolute Gasteiger partial charge is 0.480 e. The molecule has 4 fully saturated rings. The molecule has 4 aliphatic carbocycles. The number of rotatable bonds is 3. The Morgan fingerprint density at radius 2 is 1.72 bits per heavy atom. The third kappa shape index (κ3) is 1.16. The Kier molecular flexibility index (Phi) is 1.97. The van der Waals surface area contributed by atoms with Gasteiger partial charge in [-0.3, -0.25) is 9.59 Å². The van der Waals surface area contributed by atoms with Crippen LogP contribution in [0.15, 0.2) is 0 Å². The van der Waals surface area contributed by atoms with E-state index in [-0.39, 0.29) is 5.91 Å². The number of hydrogen-bond donors (Lipinski definition) is 2. The SMILES string of the molecule is O=C(O)C1(C(=O)NC2C3C4CCC(C4)C23)CCC1. The molecule has 0 saturated heterocycles. The van der Waals surface area contributed by atoms with Gasteiger partial charge in [-0.2, -0.15) is 0 Å². The molecule has 4 saturated carbocycles. The van der Waals surface area contributed by atoms with Crippen molar-refractivity contribution >= 4 is 11.9 Å². The molecule has 2 N–H and O–H groups in total. The summed E-state index contributed by atoms with van der Waals surface area (Å²) in [6.07, 6.45) is 5.89. The Hall–Kier alpha value is -1.06. The van der Waals surface area contributed by atoms with E-state index in [4.69, 9.17) is 0 Å². The molecule has 4 aliphatic rings. The first kappa shape index (κ1) is 10.8. The zero-order chi connectivity index (χ0) is 12.5. The molecule has 0 aromatic heterocycles. The Labute approximate surface area is 106 Å². The number of aliphatic carboxylic acids is 1. The normalized spacial score (nSPS) is 46.1. The number of nitrogens with one attached hydrogen (secondary N) is 1. The number of fused-ring (bicyclic) bond motifs is 5. The van der Waals surface area contributed by atoms with Crippen LogP contribution < -0.4 is 5.32 Å². The van der Waals surface area contributed by atoms with Gasteiger partial charge >= 0.3 is 5.97 Å². The zero-order valence-electron chi connectivity index (χ0n) is 10.4. The second kappa shape index (κ2) is 3.28. The fourth-order valence-corrected chi connectivity index (χ4v) is 4.88. The van der Waals surface area contributed by atoms with Crippen LogP contribution in [0.3, 0.4) is 0 Å². The maximum Gasteiger partial charge on any atom is 0.319 e. The van der Waals surface area contributed by atoms with Crippen LogP contribution in [-0.2, 0) is 9.59 Å². The fraction of sp³-hybridized carbons (Fsp3) is 0.857. The van der Waals surface area contributed by atoms with Gasteiger partial charge in [-0.15, -0.1) is 0 Å². The van der Waals surface area contributed by atoms with E-state index in [9.17, 15) is 14.7 Å². The van der Waals surface area contributed by atoms with Crippen molar-refractivity contribution in [3.05, 3.63) is 0 Å². The van der Waals surface area contributed by atoms with Crippen molar-refractivity contribution in [2.45, 2.75) is 44.6 Å². The molecule has 0 radical (unpaired) electrons. The highest BCUT2D eigenvalue weighted by atomic mass is 16.4. The van der Waals surface area contributed by atoms with Gasteiger partial charge in [0, 0.05) is 6.04 Å². The van der Waals surface area contributed by atoms with Crippen molar-refractivity contribution in [3.63, 3.8) is 0 Å². The lowest BCUT2D eigenvalue weighted by molar-refractivity contribution is -0.162. The number of carboxylic acids is 1. The lowest BCUT2D eigenvalue weighted by atomic mass is 9.68. The van der Waals surface area contributed by atoms with Crippen LogP contribution >= 0.6 is 0 Å². The molecule has 4 heteroatoms. The quantitative estimate of drug-likeness (QED) is 0.743. The van der Waals surface area contributed by atoms with E-state index in [2.05, 4.69) is 5.32 Å². The third-order valence-corrected chi connectivity index (χ3v) is 6.08. The molecule has 98 valence electrons. The second-order valence-electron chi connectivity index (χ2n) is 6.73. The molecule has 0 aromatic rings. The van der Waals surface area contributed by atoms with Gasteiger partial charge in [-0.1, -0.05) is 6.42 Å². The lowest BCUT2D eigenvalue weighted by Crippen LogP contribution is -2.52. The van der Waals surface area contributed by atoms with Crippen molar-refractivity contribution in [2.24, 2.45) is 29.1 Å². The van der Waals surface area contributed by atoms with Crippen molar-refractivity contribution in [3.8, 4) is 0 Å². The predicted octanol–water partition coefficient (Wildman–Crippen LogP) is 1.40. The minimum Gasteiger partial charge on any atom is -0.480 e. The van der Waals surface area contributed by atoms with Gasteiger partial charge in [0.05, 0.1) is 0 Å². The molecular formula is C14H19NO3. The number of carbonyl (C=O) groups is 2. The van der Waals surface area contributed by atoms with Gasteiger partial charge in [0.1, 0.15) is 5.41 Å². The molecule has 18 heavy (non-hydrogen) atoms. The van der Waals surface area contributed by atoms with E-state index in [1.54, 1.807) is 0 Å². The van der Waals surface area contributed by atoms with Gasteiger partial charge in [0.2, 0.25) is 5.91 Å². The van der Waals surface area contributed by atoms with Crippen molar-refractivity contribution in [1.29, 1.82) is 0 Å². The number of hydrogen-bond acceptors (Lipinski definition) is 2. The number of amides is 1. The molecule has 0 aromatic carbocycles. The predicted molar refractivity (Wildman–Crippen MR) is 63.7 cm³/mol. The molecule has 0 aliphatic heterocycles. The Balaban J connectivity index is 1.45. The van der Waals surface area contributed by atoms with Gasteiger partial charge in [-0.25, -0.2) is 0 Å². The standard InChI is InChI=1S/C14H19NO3/c16-12(14(13(17)18)4-1-5-14)15-11-9-7-2-3-8(6-7)10(9)11/h7-11H,1-6H2,(H,15,16)(H,17,18). The molecular weight excluding hydrogens is 230 g/mol. The van der Waals surface area contributed by atoms with Gasteiger partial charge in [0.15, 0.2) is 0 Å². The molecule has 1 amide bonds. The number of carboxylic acid groups (broad SMARTS) is 1. The highest BCUT2D eigenvalue weighted by Gasteiger charge is 2.66. The average Bonchev–Trinajstić information content (AvgIpc) is 2.68. The zero-order valence-corrected chi connectivity index (χ0v) is 10.4. The Bertz CT molecular complexity index is 413. The first-order valence-electron chi connectivity index (χ1n) is 7.18. The van der Waals surface area contributed by atoms with Gasteiger partial charge in [-0.05, 0) is 55.8 Å². The van der Waals surface area contributed by atoms with E-state index in [1.807, 2.05) is 0 Å². The van der Waals surface area contributed by atoms with Crippen LogP contribution in [0.5, 0.6) is 0 Å². The van der Waals surface area contributed by atoms with E-state index in [0.29, 0.717) is 30.7 Å². The summed E-state index contributed by atoms with van der Waals surface area (Å²) in [7, 11) is 0. The topological polar surface area (TPSA) is 66.4 Å². The highest BCUT2D eigenvalue weighted by Crippen LogP contribution is 2.65. The summed E-state index contributed by atoms with van der Waals surface area (Å²) in [5.74, 6) is 1.84. The minimum absolute atomic E-state index is 0.208. The number of carbonyl (C=O) groups excluding carboxylic acids is 1. The summed E-state index contributed by atoms with van der Waals surface area (Å²) in [5.41, 5.74) is -1.09. The summed E-state index contributed by atoms with van der Waals surface area (Å²) < 4.78 is 0. The molecule has 4 rings (SSSR count). The van der Waals surface area contributed by atoms with E-state index in [0.717, 1.165) is 18.3 Å². The molecule has 0 heterocycles. The van der Waals surface area contributed by atoms with Gasteiger partial charge < -0.3 is 10.4 Å². The third-order valence-electron chi connectivity index (χ3n) is 6.08. The van der Waals surface area contributed by atoms with Crippen LogP contribution in [0.1, 0.15) is 38.5 Å². The van der Waals surface area contributed by atoms with E-state index < -0.39 is 11.4 Å². The maximum atomic E-state index is 12.2. The monoisotopic (exact) mass is 249 g/mol. The minimum atomic E-state index is -1.09.